The molecule has 168 valence electrons. The summed E-state index contributed by atoms with van der Waals surface area (Å²) in [5.41, 5.74) is -1.14. The number of halogens is 3. The Morgan fingerprint density at radius 1 is 1.28 bits per heavy atom. The lowest BCUT2D eigenvalue weighted by atomic mass is 9.99. The minimum atomic E-state index is -1.81. The van der Waals surface area contributed by atoms with Gasteiger partial charge in [0.05, 0.1) is 18.7 Å². The molecule has 2 atom stereocenters. The quantitative estimate of drug-likeness (QED) is 0.747. The van der Waals surface area contributed by atoms with Gasteiger partial charge < -0.3 is 19.3 Å². The van der Waals surface area contributed by atoms with Crippen LogP contribution in [0.2, 0.25) is 0 Å². The van der Waals surface area contributed by atoms with Crippen molar-refractivity contribution in [1.29, 1.82) is 0 Å². The van der Waals surface area contributed by atoms with Crippen LogP contribution in [0, 0.1) is 0 Å². The largest absolute Gasteiger partial charge is 0.503 e. The molecule has 0 spiro atoms. The van der Waals surface area contributed by atoms with Gasteiger partial charge >= 0.3 is 0 Å². The van der Waals surface area contributed by atoms with Gasteiger partial charge in [-0.25, -0.2) is 13.2 Å². The van der Waals surface area contributed by atoms with Crippen LogP contribution >= 0.6 is 11.3 Å². The van der Waals surface area contributed by atoms with Gasteiger partial charge in [0.1, 0.15) is 22.8 Å². The zero-order valence-corrected chi connectivity index (χ0v) is 17.4. The van der Waals surface area contributed by atoms with E-state index in [-0.39, 0.29) is 39.8 Å². The number of ether oxygens (including phenoxy) is 1. The second-order valence-electron chi connectivity index (χ2n) is 7.71. The summed E-state index contributed by atoms with van der Waals surface area (Å²) in [7, 11) is 0. The number of rotatable bonds is 3. The minimum Gasteiger partial charge on any atom is -0.503 e. The summed E-state index contributed by atoms with van der Waals surface area (Å²) in [5, 5.41) is 18.7. The first-order valence-corrected chi connectivity index (χ1v) is 10.8. The number of alkyl halides is 1. The molecular formula is C20H17F3N4O4S. The molecule has 0 radical (unpaired) electrons. The first-order valence-electron chi connectivity index (χ1n) is 9.94. The first-order chi connectivity index (χ1) is 15.3. The van der Waals surface area contributed by atoms with Gasteiger partial charge in [-0.15, -0.1) is 10.2 Å². The van der Waals surface area contributed by atoms with Gasteiger partial charge in [-0.05, 0) is 6.42 Å². The van der Waals surface area contributed by atoms with Gasteiger partial charge in [0, 0.05) is 37.2 Å². The van der Waals surface area contributed by atoms with Gasteiger partial charge in [-0.2, -0.15) is 0 Å². The van der Waals surface area contributed by atoms with E-state index in [2.05, 4.69) is 10.2 Å². The van der Waals surface area contributed by atoms with Gasteiger partial charge in [-0.1, -0.05) is 11.3 Å². The SMILES string of the molecule is O=C1c2c(O)c(=O)c(-c3nnc(CC4=C(F)C=C(F)CC4F)s3)cn2CC2OCCCN12. The molecule has 8 nitrogen and oxygen atoms in total. The number of aromatic nitrogens is 3. The van der Waals surface area contributed by atoms with E-state index in [9.17, 15) is 27.9 Å². The fraction of sp³-hybridized carbons (Fsp3) is 0.400. The molecule has 5 rings (SSSR count). The number of carbonyl (C=O) groups excluding carboxylic acids is 1. The monoisotopic (exact) mass is 466 g/mol. The van der Waals surface area contributed by atoms with Crippen LogP contribution in [0.15, 0.2) is 34.3 Å². The highest BCUT2D eigenvalue weighted by Crippen LogP contribution is 2.33. The van der Waals surface area contributed by atoms with E-state index < -0.39 is 47.6 Å². The van der Waals surface area contributed by atoms with Crippen molar-refractivity contribution in [2.45, 2.75) is 38.2 Å². The Kier molecular flexibility index (Phi) is 5.13. The Hall–Kier alpha value is -2.99. The number of hydrogen-bond donors (Lipinski definition) is 1. The first kappa shape index (κ1) is 20.9. The van der Waals surface area contributed by atoms with Gasteiger partial charge in [0.2, 0.25) is 5.43 Å². The Bertz CT molecular complexity index is 1240. The lowest BCUT2D eigenvalue weighted by molar-refractivity contribution is -0.0919. The zero-order valence-electron chi connectivity index (χ0n) is 16.6. The molecule has 0 aromatic carbocycles. The zero-order chi connectivity index (χ0) is 22.6. The van der Waals surface area contributed by atoms with E-state index in [1.165, 1.54) is 15.7 Å². The molecule has 12 heteroatoms. The van der Waals surface area contributed by atoms with Crippen molar-refractivity contribution in [1.82, 2.24) is 19.7 Å². The molecular weight excluding hydrogens is 449 g/mol. The standard InChI is InChI=1S/C20H17F3N4O4S/c21-9-4-12(22)10(13(23)5-9)6-14-24-25-19(32-14)11-7-26-8-15-27(2-1-3-31-15)20(30)16(26)18(29)17(11)28/h4,7,13,15,29H,1-3,5-6,8H2. The predicted molar refractivity (Wildman–Crippen MR) is 107 cm³/mol. The van der Waals surface area contributed by atoms with Crippen LogP contribution in [0.1, 0.15) is 28.3 Å². The van der Waals surface area contributed by atoms with Crippen molar-refractivity contribution in [3.05, 3.63) is 50.4 Å². The molecule has 4 heterocycles. The van der Waals surface area contributed by atoms with Gasteiger partial charge in [-0.3, -0.25) is 9.59 Å². The average molecular weight is 466 g/mol. The average Bonchev–Trinajstić information content (AvgIpc) is 3.21. The predicted octanol–water partition coefficient (Wildman–Crippen LogP) is 2.64. The summed E-state index contributed by atoms with van der Waals surface area (Å²) in [6, 6.07) is 0. The van der Waals surface area contributed by atoms with E-state index in [0.29, 0.717) is 25.6 Å². The van der Waals surface area contributed by atoms with Gasteiger partial charge in [0.25, 0.3) is 5.91 Å². The molecule has 1 fully saturated rings. The van der Waals surface area contributed by atoms with Crippen LogP contribution in [-0.4, -0.2) is 56.2 Å². The summed E-state index contributed by atoms with van der Waals surface area (Å²) in [4.78, 5) is 27.0. The van der Waals surface area contributed by atoms with E-state index in [1.807, 2.05) is 0 Å². The lowest BCUT2D eigenvalue weighted by Crippen LogP contribution is -2.53. The number of nitrogens with zero attached hydrogens (tertiary/aromatic N) is 4. The van der Waals surface area contributed by atoms with Crippen LogP contribution in [0.25, 0.3) is 10.6 Å². The third-order valence-corrected chi connectivity index (χ3v) is 6.61. The highest BCUT2D eigenvalue weighted by molar-refractivity contribution is 7.14. The van der Waals surface area contributed by atoms with E-state index in [4.69, 9.17) is 4.74 Å². The molecule has 3 aliphatic rings. The van der Waals surface area contributed by atoms with Crippen molar-refractivity contribution in [2.24, 2.45) is 0 Å². The number of hydrogen-bond acceptors (Lipinski definition) is 7. The molecule has 2 aromatic rings. The summed E-state index contributed by atoms with van der Waals surface area (Å²) < 4.78 is 48.4. The number of allylic oxidation sites excluding steroid dienone is 4. The maximum Gasteiger partial charge on any atom is 0.276 e. The number of amides is 1. The molecule has 1 saturated heterocycles. The molecule has 32 heavy (non-hydrogen) atoms. The van der Waals surface area contributed by atoms with Crippen LogP contribution in [0.3, 0.4) is 0 Å². The second kappa shape index (κ2) is 7.85. The van der Waals surface area contributed by atoms with Gasteiger partial charge in [0.15, 0.2) is 22.7 Å². The second-order valence-corrected chi connectivity index (χ2v) is 8.77. The normalized spacial score (nSPS) is 23.2. The number of aromatic hydroxyl groups is 1. The summed E-state index contributed by atoms with van der Waals surface area (Å²) in [6.07, 6.45) is -0.355. The third-order valence-electron chi connectivity index (χ3n) is 5.66. The van der Waals surface area contributed by atoms with E-state index in [0.717, 1.165) is 11.3 Å². The number of carbonyl (C=O) groups is 1. The molecule has 2 aliphatic heterocycles. The Labute approximate surface area is 183 Å². The van der Waals surface area contributed by atoms with Crippen molar-refractivity contribution < 1.29 is 27.8 Å². The lowest BCUT2D eigenvalue weighted by Gasteiger charge is -2.40. The Morgan fingerprint density at radius 3 is 2.88 bits per heavy atom. The molecule has 1 N–H and O–H groups in total. The van der Waals surface area contributed by atoms with Crippen molar-refractivity contribution >= 4 is 17.2 Å². The molecule has 1 aliphatic carbocycles. The van der Waals surface area contributed by atoms with Crippen LogP contribution in [-0.2, 0) is 17.7 Å². The highest BCUT2D eigenvalue weighted by atomic mass is 32.1. The number of fused-ring (bicyclic) bond motifs is 2. The Balaban J connectivity index is 1.49. The summed E-state index contributed by atoms with van der Waals surface area (Å²) >= 11 is 0.926. The smallest absolute Gasteiger partial charge is 0.276 e. The number of pyridine rings is 1. The Morgan fingerprint density at radius 2 is 2.09 bits per heavy atom. The third kappa shape index (κ3) is 3.43. The maximum absolute atomic E-state index is 14.1. The summed E-state index contributed by atoms with van der Waals surface area (Å²) in [5.74, 6) is -3.04. The van der Waals surface area contributed by atoms with E-state index >= 15 is 0 Å². The molecule has 2 unspecified atom stereocenters. The van der Waals surface area contributed by atoms with Crippen molar-refractivity contribution in [3.63, 3.8) is 0 Å². The molecule has 0 saturated carbocycles. The van der Waals surface area contributed by atoms with Crippen LogP contribution in [0.5, 0.6) is 5.75 Å². The molecule has 2 aromatic heterocycles. The molecule has 0 bridgehead atoms. The molecule has 1 amide bonds. The fourth-order valence-electron chi connectivity index (χ4n) is 4.07. The van der Waals surface area contributed by atoms with Crippen molar-refractivity contribution in [3.8, 4) is 16.3 Å². The minimum absolute atomic E-state index is 0.00731. The fourth-order valence-corrected chi connectivity index (χ4v) is 4.94. The van der Waals surface area contributed by atoms with Crippen LogP contribution < -0.4 is 5.43 Å². The van der Waals surface area contributed by atoms with E-state index in [1.54, 1.807) is 0 Å². The highest BCUT2D eigenvalue weighted by Gasteiger charge is 2.38. The maximum atomic E-state index is 14.1. The summed E-state index contributed by atoms with van der Waals surface area (Å²) in [6.45, 7) is 1.20. The van der Waals surface area contributed by atoms with Crippen LogP contribution in [0.4, 0.5) is 13.2 Å². The topological polar surface area (TPSA) is 97.5 Å². The van der Waals surface area contributed by atoms with Crippen molar-refractivity contribution in [2.75, 3.05) is 13.2 Å².